The number of hydrogen-bond donors (Lipinski definition) is 2. The van der Waals surface area contributed by atoms with Gasteiger partial charge < -0.3 is 15.4 Å². The molecule has 0 spiro atoms. The molecule has 260 valence electrons. The number of nitrogens with one attached hydrogen (secondary N) is 2. The van der Waals surface area contributed by atoms with Crippen LogP contribution in [0.2, 0.25) is 0 Å². The van der Waals surface area contributed by atoms with Crippen molar-refractivity contribution in [1.82, 2.24) is 10.6 Å². The van der Waals surface area contributed by atoms with Crippen LogP contribution in [0.1, 0.15) is 132 Å². The summed E-state index contributed by atoms with van der Waals surface area (Å²) >= 11 is 0. The standard InChI is InChI=1S/C11H19FN2O.C11H18O2.C8H12O.C7H10O2/c1-8-4-3-5-10(9(8)2)14-11(15)13-7-6-12;1-8(2)7-13-11-6-4-5-10(12)9(11)3;1-6-4-3-5-8(9)7(6)2;1-5-6(8)3-2-4-7(5)9/h10H,3-7H2,1-2H3,(H2,13,14,15);8H,4-7H2,1-3H3;3-5H2,1-2H3;5H,2-4H2,1H3. The number of carbonyl (C=O) groups excluding carboxylic acids is 5. The normalized spacial score (nSPS) is 20.7. The van der Waals surface area contributed by atoms with Gasteiger partial charge in [-0.05, 0) is 98.0 Å². The first-order valence-corrected chi connectivity index (χ1v) is 17.1. The molecule has 0 saturated heterocycles. The third kappa shape index (κ3) is 15.0. The molecule has 0 aromatic carbocycles. The maximum absolute atomic E-state index is 11.8. The Morgan fingerprint density at radius 3 is 1.85 bits per heavy atom. The molecule has 8 nitrogen and oxygen atoms in total. The minimum absolute atomic E-state index is 0.0836. The van der Waals surface area contributed by atoms with Crippen LogP contribution in [0, 0.1) is 11.8 Å². The Hall–Kier alpha value is -3.10. The molecule has 2 N–H and O–H groups in total. The number of Topliss-reactive ketones (excluding diaryl/α,β-unsaturated/α-hetero) is 4. The number of carbonyl (C=O) groups is 5. The zero-order valence-electron chi connectivity index (χ0n) is 29.7. The van der Waals surface area contributed by atoms with E-state index in [1.807, 2.05) is 20.8 Å². The molecule has 0 bridgehead atoms. The molecule has 0 radical (unpaired) electrons. The molecule has 0 aromatic heterocycles. The number of hydrogen-bond acceptors (Lipinski definition) is 6. The van der Waals surface area contributed by atoms with Gasteiger partial charge in [0.25, 0.3) is 0 Å². The molecule has 0 aliphatic heterocycles. The zero-order chi connectivity index (χ0) is 34.8. The topological polar surface area (TPSA) is 119 Å². The Labute approximate surface area is 276 Å². The van der Waals surface area contributed by atoms with Gasteiger partial charge in [0.15, 0.2) is 11.6 Å². The quantitative estimate of drug-likeness (QED) is 0.224. The van der Waals surface area contributed by atoms with E-state index in [0.717, 1.165) is 81.3 Å². The average molecular weight is 647 g/mol. The average Bonchev–Trinajstić information content (AvgIpc) is 3.01. The van der Waals surface area contributed by atoms with E-state index in [9.17, 15) is 28.4 Å². The third-order valence-electron chi connectivity index (χ3n) is 8.99. The highest BCUT2D eigenvalue weighted by atomic mass is 19.1. The molecule has 1 saturated carbocycles. The number of ketones is 4. The van der Waals surface area contributed by atoms with Crippen molar-refractivity contribution in [2.45, 2.75) is 138 Å². The largest absolute Gasteiger partial charge is 0.497 e. The van der Waals surface area contributed by atoms with Crippen LogP contribution in [0.5, 0.6) is 0 Å². The molecule has 0 heterocycles. The number of rotatable bonds is 6. The summed E-state index contributed by atoms with van der Waals surface area (Å²) in [4.78, 5) is 55.1. The van der Waals surface area contributed by atoms with Crippen molar-refractivity contribution in [2.75, 3.05) is 19.8 Å². The van der Waals surface area contributed by atoms with Gasteiger partial charge in [-0.3, -0.25) is 19.2 Å². The smallest absolute Gasteiger partial charge is 0.315 e. The lowest BCUT2D eigenvalue weighted by Gasteiger charge is -2.26. The van der Waals surface area contributed by atoms with E-state index in [-0.39, 0.29) is 41.9 Å². The van der Waals surface area contributed by atoms with Crippen molar-refractivity contribution < 1.29 is 33.1 Å². The summed E-state index contributed by atoms with van der Waals surface area (Å²) in [7, 11) is 0. The van der Waals surface area contributed by atoms with Gasteiger partial charge in [0.1, 0.15) is 24.0 Å². The summed E-state index contributed by atoms with van der Waals surface area (Å²) in [6.45, 7) is 16.2. The van der Waals surface area contributed by atoms with Crippen molar-refractivity contribution in [3.63, 3.8) is 0 Å². The summed E-state index contributed by atoms with van der Waals surface area (Å²) < 4.78 is 17.4. The van der Waals surface area contributed by atoms with Gasteiger partial charge in [-0.2, -0.15) is 0 Å². The molecule has 1 fully saturated rings. The lowest BCUT2D eigenvalue weighted by molar-refractivity contribution is -0.134. The second-order valence-electron chi connectivity index (χ2n) is 13.2. The summed E-state index contributed by atoms with van der Waals surface area (Å²) in [5.41, 5.74) is 5.73. The highest BCUT2D eigenvalue weighted by Crippen LogP contribution is 2.25. The van der Waals surface area contributed by atoms with Crippen molar-refractivity contribution in [3.05, 3.63) is 33.6 Å². The molecular weight excluding hydrogens is 587 g/mol. The maximum Gasteiger partial charge on any atom is 0.315 e. The molecule has 4 aliphatic rings. The van der Waals surface area contributed by atoms with Gasteiger partial charge in [0.05, 0.1) is 18.6 Å². The Morgan fingerprint density at radius 1 is 0.783 bits per heavy atom. The Bertz CT molecular complexity index is 1150. The van der Waals surface area contributed by atoms with Gasteiger partial charge in [-0.15, -0.1) is 0 Å². The number of urea groups is 1. The number of ether oxygens (including phenoxy) is 1. The lowest BCUT2D eigenvalue weighted by atomic mass is 9.88. The van der Waals surface area contributed by atoms with Crippen molar-refractivity contribution >= 4 is 29.2 Å². The van der Waals surface area contributed by atoms with Gasteiger partial charge in [-0.1, -0.05) is 30.6 Å². The molecule has 4 aliphatic carbocycles. The van der Waals surface area contributed by atoms with Crippen molar-refractivity contribution in [3.8, 4) is 0 Å². The molecular formula is C37H59FN2O6. The minimum atomic E-state index is -0.522. The van der Waals surface area contributed by atoms with E-state index in [2.05, 4.69) is 38.3 Å². The Morgan fingerprint density at radius 2 is 1.33 bits per heavy atom. The summed E-state index contributed by atoms with van der Waals surface area (Å²) in [6, 6.07) is -0.148. The molecule has 4 rings (SSSR count). The summed E-state index contributed by atoms with van der Waals surface area (Å²) in [5.74, 6) is 1.97. The molecule has 1 atom stereocenters. The van der Waals surface area contributed by atoms with Crippen LogP contribution in [0.4, 0.5) is 9.18 Å². The van der Waals surface area contributed by atoms with Crippen LogP contribution in [0.15, 0.2) is 33.6 Å². The molecule has 46 heavy (non-hydrogen) atoms. The lowest BCUT2D eigenvalue weighted by Crippen LogP contribution is -2.44. The Kier molecular flexibility index (Phi) is 19.3. The SMILES string of the molecule is CC1=C(C)C(=O)CCC1.CC1=C(C)C(NC(=O)NCCF)CCC1.CC1=C(OCC(C)C)CCCC1=O.CC1C(=O)CCCC1=O. The first-order valence-electron chi connectivity index (χ1n) is 17.1. The fourth-order valence-corrected chi connectivity index (χ4v) is 5.40. The maximum atomic E-state index is 11.8. The number of amides is 2. The fourth-order valence-electron chi connectivity index (χ4n) is 5.40. The van der Waals surface area contributed by atoms with Crippen molar-refractivity contribution in [1.29, 1.82) is 0 Å². The highest BCUT2D eigenvalue weighted by Gasteiger charge is 2.25. The van der Waals surface area contributed by atoms with Crippen LogP contribution in [-0.4, -0.2) is 55.0 Å². The van der Waals surface area contributed by atoms with E-state index >= 15 is 0 Å². The van der Waals surface area contributed by atoms with Crippen molar-refractivity contribution in [2.24, 2.45) is 11.8 Å². The first kappa shape index (κ1) is 40.9. The highest BCUT2D eigenvalue weighted by molar-refractivity contribution is 6.03. The molecule has 2 amide bonds. The van der Waals surface area contributed by atoms with E-state index in [0.29, 0.717) is 31.0 Å². The molecule has 0 aromatic rings. The van der Waals surface area contributed by atoms with E-state index in [1.165, 1.54) is 16.7 Å². The van der Waals surface area contributed by atoms with Crippen LogP contribution >= 0.6 is 0 Å². The van der Waals surface area contributed by atoms with Crippen LogP contribution in [0.3, 0.4) is 0 Å². The van der Waals surface area contributed by atoms with Gasteiger partial charge >= 0.3 is 6.03 Å². The van der Waals surface area contributed by atoms with Gasteiger partial charge in [-0.25, -0.2) is 9.18 Å². The van der Waals surface area contributed by atoms with Gasteiger partial charge in [0.2, 0.25) is 0 Å². The number of allylic oxidation sites excluding steroid dienone is 5. The predicted molar refractivity (Wildman–Crippen MR) is 181 cm³/mol. The number of alkyl halides is 1. The number of halogens is 1. The predicted octanol–water partition coefficient (Wildman–Crippen LogP) is 7.85. The third-order valence-corrected chi connectivity index (χ3v) is 8.99. The molecule has 9 heteroatoms. The fraction of sp³-hybridized carbons (Fsp3) is 0.703. The zero-order valence-corrected chi connectivity index (χ0v) is 29.7. The second-order valence-corrected chi connectivity index (χ2v) is 13.2. The van der Waals surface area contributed by atoms with E-state index < -0.39 is 6.67 Å². The monoisotopic (exact) mass is 646 g/mol. The van der Waals surface area contributed by atoms with Crippen LogP contribution in [-0.2, 0) is 23.9 Å². The minimum Gasteiger partial charge on any atom is -0.497 e. The summed E-state index contributed by atoms with van der Waals surface area (Å²) in [6.07, 6.45) is 10.7. The van der Waals surface area contributed by atoms with Gasteiger partial charge in [0, 0.05) is 44.2 Å². The summed E-state index contributed by atoms with van der Waals surface area (Å²) in [5, 5.41) is 5.33. The first-order chi connectivity index (χ1) is 21.7. The second kappa shape index (κ2) is 21.6. The Balaban J connectivity index is 0.000000314. The van der Waals surface area contributed by atoms with E-state index in [4.69, 9.17) is 4.74 Å². The van der Waals surface area contributed by atoms with E-state index in [1.54, 1.807) is 6.92 Å². The van der Waals surface area contributed by atoms with Crippen LogP contribution < -0.4 is 10.6 Å². The van der Waals surface area contributed by atoms with Crippen LogP contribution in [0.25, 0.3) is 0 Å². The molecule has 1 unspecified atom stereocenters.